The topological polar surface area (TPSA) is 87.7 Å². The van der Waals surface area contributed by atoms with E-state index in [0.29, 0.717) is 12.5 Å². The molecule has 2 aliphatic rings. The third-order valence-electron chi connectivity index (χ3n) is 6.21. The second-order valence-electron chi connectivity index (χ2n) is 8.21. The SMILES string of the molecule is COCC(=O)N1CCC(c2ccc(NC(=O)C3CCN(c4cccnn4)C3)cc2)CC1. The monoisotopic (exact) mass is 423 g/mol. The minimum absolute atomic E-state index is 0.0455. The molecule has 1 unspecified atom stereocenters. The number of nitrogens with one attached hydrogen (secondary N) is 1. The highest BCUT2D eigenvalue weighted by Crippen LogP contribution is 2.29. The number of hydrogen-bond donors (Lipinski definition) is 1. The summed E-state index contributed by atoms with van der Waals surface area (Å²) < 4.78 is 4.94. The van der Waals surface area contributed by atoms with Crippen LogP contribution >= 0.6 is 0 Å². The average Bonchev–Trinajstić information content (AvgIpc) is 3.31. The minimum Gasteiger partial charge on any atom is -0.375 e. The highest BCUT2D eigenvalue weighted by Gasteiger charge is 2.29. The van der Waals surface area contributed by atoms with Crippen LogP contribution in [0.2, 0.25) is 0 Å². The summed E-state index contributed by atoms with van der Waals surface area (Å²) in [6.07, 6.45) is 4.35. The van der Waals surface area contributed by atoms with E-state index in [1.54, 1.807) is 13.3 Å². The molecule has 0 saturated carbocycles. The fraction of sp³-hybridized carbons (Fsp3) is 0.478. The van der Waals surface area contributed by atoms with Crippen LogP contribution in [0.1, 0.15) is 30.7 Å². The van der Waals surface area contributed by atoms with E-state index in [-0.39, 0.29) is 24.3 Å². The average molecular weight is 424 g/mol. The summed E-state index contributed by atoms with van der Waals surface area (Å²) in [4.78, 5) is 28.6. The molecule has 3 heterocycles. The van der Waals surface area contributed by atoms with Crippen molar-refractivity contribution in [3.05, 3.63) is 48.2 Å². The summed E-state index contributed by atoms with van der Waals surface area (Å²) in [7, 11) is 1.55. The van der Waals surface area contributed by atoms with Crippen LogP contribution in [0.25, 0.3) is 0 Å². The summed E-state index contributed by atoms with van der Waals surface area (Å²) in [6, 6.07) is 11.9. The van der Waals surface area contributed by atoms with Crippen molar-refractivity contribution in [2.45, 2.75) is 25.2 Å². The molecule has 2 aliphatic heterocycles. The van der Waals surface area contributed by atoms with E-state index in [2.05, 4.69) is 32.5 Å². The molecule has 0 spiro atoms. The minimum atomic E-state index is -0.0596. The van der Waals surface area contributed by atoms with Crippen LogP contribution in [0, 0.1) is 5.92 Å². The Morgan fingerprint density at radius 1 is 1.10 bits per heavy atom. The number of nitrogens with zero attached hydrogens (tertiary/aromatic N) is 4. The number of benzene rings is 1. The van der Waals surface area contributed by atoms with E-state index in [1.807, 2.05) is 29.2 Å². The summed E-state index contributed by atoms with van der Waals surface area (Å²) >= 11 is 0. The summed E-state index contributed by atoms with van der Waals surface area (Å²) in [6.45, 7) is 3.13. The standard InChI is InChI=1S/C23H29N5O3/c1-31-16-22(29)27-12-8-18(9-13-27)17-4-6-20(7-5-17)25-23(30)19-10-14-28(15-19)21-3-2-11-24-26-21/h2-7,11,18-19H,8-10,12-16H2,1H3,(H,25,30). The Morgan fingerprint density at radius 2 is 1.87 bits per heavy atom. The highest BCUT2D eigenvalue weighted by molar-refractivity contribution is 5.93. The van der Waals surface area contributed by atoms with Crippen LogP contribution in [-0.4, -0.2) is 66.8 Å². The number of carbonyl (C=O) groups excluding carboxylic acids is 2. The Balaban J connectivity index is 1.27. The van der Waals surface area contributed by atoms with Gasteiger partial charge in [-0.05, 0) is 55.0 Å². The van der Waals surface area contributed by atoms with Crippen LogP contribution < -0.4 is 10.2 Å². The van der Waals surface area contributed by atoms with E-state index in [1.165, 1.54) is 5.56 Å². The first-order valence-corrected chi connectivity index (χ1v) is 10.8. The molecule has 164 valence electrons. The molecule has 0 bridgehead atoms. The Hall–Kier alpha value is -3.00. The number of amides is 2. The molecule has 2 fully saturated rings. The molecule has 8 heteroatoms. The maximum Gasteiger partial charge on any atom is 0.248 e. The van der Waals surface area contributed by atoms with Crippen molar-refractivity contribution in [3.8, 4) is 0 Å². The Kier molecular flexibility index (Phi) is 6.76. The predicted molar refractivity (Wildman–Crippen MR) is 118 cm³/mol. The smallest absolute Gasteiger partial charge is 0.248 e. The molecule has 1 aromatic heterocycles. The van der Waals surface area contributed by atoms with Gasteiger partial charge in [0.2, 0.25) is 11.8 Å². The molecule has 0 radical (unpaired) electrons. The molecule has 4 rings (SSSR count). The Bertz CT molecular complexity index is 882. The molecule has 2 saturated heterocycles. The Morgan fingerprint density at radius 3 is 2.55 bits per heavy atom. The first-order valence-electron chi connectivity index (χ1n) is 10.8. The lowest BCUT2D eigenvalue weighted by Crippen LogP contribution is -2.39. The van der Waals surface area contributed by atoms with E-state index < -0.39 is 0 Å². The van der Waals surface area contributed by atoms with Crippen molar-refractivity contribution in [1.82, 2.24) is 15.1 Å². The number of methoxy groups -OCH3 is 1. The van der Waals surface area contributed by atoms with Gasteiger partial charge in [-0.2, -0.15) is 5.10 Å². The van der Waals surface area contributed by atoms with E-state index in [0.717, 1.165) is 50.4 Å². The van der Waals surface area contributed by atoms with Crippen LogP contribution in [0.15, 0.2) is 42.6 Å². The molecule has 0 aliphatic carbocycles. The number of anilines is 2. The van der Waals surface area contributed by atoms with Gasteiger partial charge in [0.05, 0.1) is 5.92 Å². The molecule has 2 amide bonds. The zero-order valence-electron chi connectivity index (χ0n) is 17.9. The first kappa shape index (κ1) is 21.2. The zero-order chi connectivity index (χ0) is 21.6. The largest absolute Gasteiger partial charge is 0.375 e. The molecule has 31 heavy (non-hydrogen) atoms. The van der Waals surface area contributed by atoms with Gasteiger partial charge < -0.3 is 19.9 Å². The first-order chi connectivity index (χ1) is 15.1. The molecule has 1 aromatic carbocycles. The summed E-state index contributed by atoms with van der Waals surface area (Å²) in [5.41, 5.74) is 2.07. The van der Waals surface area contributed by atoms with E-state index in [4.69, 9.17) is 4.74 Å². The number of likely N-dealkylation sites (tertiary alicyclic amines) is 1. The predicted octanol–water partition coefficient (Wildman–Crippen LogP) is 2.29. The molecule has 2 aromatic rings. The number of hydrogen-bond acceptors (Lipinski definition) is 6. The van der Waals surface area contributed by atoms with Gasteiger partial charge in [0.1, 0.15) is 6.61 Å². The lowest BCUT2D eigenvalue weighted by atomic mass is 9.89. The maximum absolute atomic E-state index is 12.7. The van der Waals surface area contributed by atoms with Crippen LogP contribution in [-0.2, 0) is 14.3 Å². The lowest BCUT2D eigenvalue weighted by Gasteiger charge is -2.32. The molecule has 1 atom stereocenters. The van der Waals surface area contributed by atoms with Crippen molar-refractivity contribution in [2.75, 3.05) is 50.1 Å². The van der Waals surface area contributed by atoms with Gasteiger partial charge in [-0.15, -0.1) is 5.10 Å². The number of carbonyl (C=O) groups is 2. The fourth-order valence-electron chi connectivity index (χ4n) is 4.40. The van der Waals surface area contributed by atoms with Crippen molar-refractivity contribution >= 4 is 23.3 Å². The van der Waals surface area contributed by atoms with Crippen LogP contribution in [0.5, 0.6) is 0 Å². The van der Waals surface area contributed by atoms with Gasteiger partial charge in [0, 0.05) is 45.2 Å². The van der Waals surface area contributed by atoms with Gasteiger partial charge >= 0.3 is 0 Å². The third kappa shape index (κ3) is 5.19. The number of aromatic nitrogens is 2. The Labute approximate surface area is 182 Å². The molecule has 1 N–H and O–H groups in total. The van der Waals surface area contributed by atoms with Crippen molar-refractivity contribution < 1.29 is 14.3 Å². The number of rotatable bonds is 6. The van der Waals surface area contributed by atoms with Gasteiger partial charge in [-0.25, -0.2) is 0 Å². The van der Waals surface area contributed by atoms with E-state index in [9.17, 15) is 9.59 Å². The fourth-order valence-corrected chi connectivity index (χ4v) is 4.40. The van der Waals surface area contributed by atoms with E-state index >= 15 is 0 Å². The summed E-state index contributed by atoms with van der Waals surface area (Å²) in [5, 5.41) is 11.1. The number of piperidine rings is 1. The van der Waals surface area contributed by atoms with Gasteiger partial charge in [-0.1, -0.05) is 12.1 Å². The maximum atomic E-state index is 12.7. The second-order valence-corrected chi connectivity index (χ2v) is 8.21. The van der Waals surface area contributed by atoms with Crippen LogP contribution in [0.3, 0.4) is 0 Å². The number of ether oxygens (including phenoxy) is 1. The van der Waals surface area contributed by atoms with Crippen LogP contribution in [0.4, 0.5) is 11.5 Å². The van der Waals surface area contributed by atoms with Gasteiger partial charge in [0.15, 0.2) is 5.82 Å². The van der Waals surface area contributed by atoms with Gasteiger partial charge in [0.25, 0.3) is 0 Å². The van der Waals surface area contributed by atoms with Gasteiger partial charge in [-0.3, -0.25) is 9.59 Å². The second kappa shape index (κ2) is 9.87. The van der Waals surface area contributed by atoms with Crippen molar-refractivity contribution in [2.24, 2.45) is 5.92 Å². The molecule has 8 nitrogen and oxygen atoms in total. The summed E-state index contributed by atoms with van der Waals surface area (Å²) in [5.74, 6) is 1.30. The van der Waals surface area contributed by atoms with Crippen molar-refractivity contribution in [1.29, 1.82) is 0 Å². The quantitative estimate of drug-likeness (QED) is 0.767. The normalized spacial score (nSPS) is 19.5. The lowest BCUT2D eigenvalue weighted by molar-refractivity contribution is -0.136. The third-order valence-corrected chi connectivity index (χ3v) is 6.21. The molecular weight excluding hydrogens is 394 g/mol. The molecular formula is C23H29N5O3. The zero-order valence-corrected chi connectivity index (χ0v) is 17.9. The van der Waals surface area contributed by atoms with Crippen molar-refractivity contribution in [3.63, 3.8) is 0 Å². The highest BCUT2D eigenvalue weighted by atomic mass is 16.5.